The van der Waals surface area contributed by atoms with Crippen LogP contribution >= 0.6 is 15.9 Å². The summed E-state index contributed by atoms with van der Waals surface area (Å²) in [5, 5.41) is 6.41. The molecular formula is C20H22BrN3O6. The van der Waals surface area contributed by atoms with E-state index < -0.39 is 11.8 Å². The number of hydrogen-bond acceptors (Lipinski definition) is 7. The molecule has 0 aliphatic rings. The van der Waals surface area contributed by atoms with Crippen molar-refractivity contribution in [3.8, 4) is 23.0 Å². The third kappa shape index (κ3) is 5.86. The minimum Gasteiger partial charge on any atom is -0.496 e. The molecule has 2 amide bonds. The first kappa shape index (κ1) is 23.0. The van der Waals surface area contributed by atoms with Crippen molar-refractivity contribution in [2.24, 2.45) is 5.10 Å². The lowest BCUT2D eigenvalue weighted by atomic mass is 10.2. The van der Waals surface area contributed by atoms with Crippen molar-refractivity contribution in [3.05, 3.63) is 45.9 Å². The van der Waals surface area contributed by atoms with Crippen molar-refractivity contribution in [3.63, 3.8) is 0 Å². The van der Waals surface area contributed by atoms with Crippen LogP contribution in [0.3, 0.4) is 0 Å². The number of hydrazone groups is 1. The minimum absolute atomic E-state index is 0.256. The number of benzene rings is 2. The molecule has 9 nitrogen and oxygen atoms in total. The minimum atomic E-state index is -0.494. The first-order chi connectivity index (χ1) is 14.4. The Morgan fingerprint density at radius 2 is 1.60 bits per heavy atom. The molecule has 0 spiro atoms. The van der Waals surface area contributed by atoms with Gasteiger partial charge in [0.25, 0.3) is 11.8 Å². The van der Waals surface area contributed by atoms with Gasteiger partial charge in [-0.3, -0.25) is 9.59 Å². The van der Waals surface area contributed by atoms with Crippen LogP contribution in [-0.4, -0.2) is 53.0 Å². The second-order valence-electron chi connectivity index (χ2n) is 5.77. The molecule has 0 saturated heterocycles. The van der Waals surface area contributed by atoms with Gasteiger partial charge in [0.1, 0.15) is 11.5 Å². The first-order valence-electron chi connectivity index (χ1n) is 8.67. The number of carbonyl (C=O) groups is 2. The number of carbonyl (C=O) groups excluding carboxylic acids is 2. The Morgan fingerprint density at radius 3 is 2.23 bits per heavy atom. The molecule has 30 heavy (non-hydrogen) atoms. The van der Waals surface area contributed by atoms with Crippen LogP contribution in [0.4, 0.5) is 0 Å². The monoisotopic (exact) mass is 479 g/mol. The van der Waals surface area contributed by atoms with Crippen molar-refractivity contribution < 1.29 is 28.5 Å². The summed E-state index contributed by atoms with van der Waals surface area (Å²) in [6.45, 7) is -0.256. The zero-order valence-corrected chi connectivity index (χ0v) is 18.5. The van der Waals surface area contributed by atoms with E-state index in [9.17, 15) is 9.59 Å². The van der Waals surface area contributed by atoms with E-state index in [1.54, 1.807) is 31.4 Å². The highest BCUT2D eigenvalue weighted by atomic mass is 79.9. The van der Waals surface area contributed by atoms with Crippen LogP contribution < -0.4 is 29.7 Å². The maximum absolute atomic E-state index is 12.2. The van der Waals surface area contributed by atoms with E-state index in [2.05, 4.69) is 31.8 Å². The third-order valence-corrected chi connectivity index (χ3v) is 4.57. The number of nitrogens with one attached hydrogen (secondary N) is 2. The van der Waals surface area contributed by atoms with Crippen LogP contribution in [0.15, 0.2) is 39.9 Å². The summed E-state index contributed by atoms with van der Waals surface area (Å²) in [4.78, 5) is 24.2. The number of hydrogen-bond donors (Lipinski definition) is 2. The van der Waals surface area contributed by atoms with Gasteiger partial charge in [-0.2, -0.15) is 5.10 Å². The van der Waals surface area contributed by atoms with E-state index >= 15 is 0 Å². The van der Waals surface area contributed by atoms with E-state index in [-0.39, 0.29) is 6.54 Å². The Balaban J connectivity index is 1.94. The normalized spacial score (nSPS) is 10.4. The van der Waals surface area contributed by atoms with Crippen LogP contribution in [0.2, 0.25) is 0 Å². The number of nitrogens with zero attached hydrogens (tertiary/aromatic N) is 1. The Morgan fingerprint density at radius 1 is 0.933 bits per heavy atom. The fourth-order valence-electron chi connectivity index (χ4n) is 2.44. The summed E-state index contributed by atoms with van der Waals surface area (Å²) < 4.78 is 21.5. The quantitative estimate of drug-likeness (QED) is 0.422. The Kier molecular flexibility index (Phi) is 8.48. The molecule has 0 aliphatic carbocycles. The number of halogens is 1. The summed E-state index contributed by atoms with van der Waals surface area (Å²) >= 11 is 3.38. The lowest BCUT2D eigenvalue weighted by molar-refractivity contribution is -0.120. The molecular weight excluding hydrogens is 458 g/mol. The molecule has 0 saturated carbocycles. The third-order valence-electron chi connectivity index (χ3n) is 3.95. The number of amides is 2. The van der Waals surface area contributed by atoms with Gasteiger partial charge in [-0.15, -0.1) is 0 Å². The van der Waals surface area contributed by atoms with Crippen molar-refractivity contribution in [2.75, 3.05) is 35.0 Å². The first-order valence-corrected chi connectivity index (χ1v) is 9.46. The molecule has 0 bridgehead atoms. The van der Waals surface area contributed by atoms with Crippen LogP contribution in [0, 0.1) is 0 Å². The zero-order chi connectivity index (χ0) is 22.1. The second-order valence-corrected chi connectivity index (χ2v) is 6.63. The SMILES string of the molecule is COc1cc(OC)c(/C=N\NC(=O)CNC(=O)c2ccc(OC)c(OC)c2)cc1Br. The predicted molar refractivity (Wildman–Crippen MR) is 115 cm³/mol. The van der Waals surface area contributed by atoms with E-state index in [4.69, 9.17) is 18.9 Å². The number of ether oxygens (including phenoxy) is 4. The molecule has 0 aliphatic heterocycles. The van der Waals surface area contributed by atoms with Gasteiger partial charge in [0.15, 0.2) is 11.5 Å². The fourth-order valence-corrected chi connectivity index (χ4v) is 2.96. The molecule has 0 fully saturated rings. The molecule has 0 unspecified atom stereocenters. The van der Waals surface area contributed by atoms with Crippen molar-refractivity contribution in [1.29, 1.82) is 0 Å². The zero-order valence-electron chi connectivity index (χ0n) is 16.9. The van der Waals surface area contributed by atoms with Gasteiger partial charge in [-0.05, 0) is 40.2 Å². The van der Waals surface area contributed by atoms with Gasteiger partial charge in [0, 0.05) is 17.2 Å². The van der Waals surface area contributed by atoms with Crippen molar-refractivity contribution in [2.45, 2.75) is 0 Å². The Hall–Kier alpha value is -3.27. The van der Waals surface area contributed by atoms with Gasteiger partial charge in [-0.25, -0.2) is 5.43 Å². The van der Waals surface area contributed by atoms with E-state index in [0.717, 1.165) is 0 Å². The van der Waals surface area contributed by atoms with Crippen LogP contribution in [0.25, 0.3) is 0 Å². The predicted octanol–water partition coefficient (Wildman–Crippen LogP) is 2.36. The highest BCUT2D eigenvalue weighted by molar-refractivity contribution is 9.10. The number of rotatable bonds is 9. The van der Waals surface area contributed by atoms with Crippen molar-refractivity contribution >= 4 is 34.0 Å². The average molecular weight is 480 g/mol. The summed E-state index contributed by atoms with van der Waals surface area (Å²) in [7, 11) is 6.04. The fraction of sp³-hybridized carbons (Fsp3) is 0.250. The molecule has 2 rings (SSSR count). The van der Waals surface area contributed by atoms with Crippen LogP contribution in [-0.2, 0) is 4.79 Å². The van der Waals surface area contributed by atoms with Gasteiger partial charge >= 0.3 is 0 Å². The second kappa shape index (κ2) is 11.1. The maximum Gasteiger partial charge on any atom is 0.259 e. The maximum atomic E-state index is 12.2. The lowest BCUT2D eigenvalue weighted by Gasteiger charge is -2.10. The highest BCUT2D eigenvalue weighted by Gasteiger charge is 2.12. The van der Waals surface area contributed by atoms with Gasteiger partial charge < -0.3 is 24.3 Å². The largest absolute Gasteiger partial charge is 0.496 e. The van der Waals surface area contributed by atoms with Gasteiger partial charge in [-0.1, -0.05) is 0 Å². The molecule has 0 aromatic heterocycles. The summed E-state index contributed by atoms with van der Waals surface area (Å²) in [5.41, 5.74) is 3.30. The van der Waals surface area contributed by atoms with E-state index in [1.807, 2.05) is 0 Å². The Labute approximate surface area is 182 Å². The average Bonchev–Trinajstić information content (AvgIpc) is 2.77. The Bertz CT molecular complexity index is 948. The topological polar surface area (TPSA) is 107 Å². The molecule has 2 aromatic rings. The highest BCUT2D eigenvalue weighted by Crippen LogP contribution is 2.32. The summed E-state index contributed by atoms with van der Waals surface area (Å²) in [6.07, 6.45) is 1.43. The molecule has 10 heteroatoms. The van der Waals surface area contributed by atoms with E-state index in [1.165, 1.54) is 33.6 Å². The van der Waals surface area contributed by atoms with Crippen LogP contribution in [0.5, 0.6) is 23.0 Å². The van der Waals surface area contributed by atoms with Gasteiger partial charge in [0.2, 0.25) is 0 Å². The summed E-state index contributed by atoms with van der Waals surface area (Å²) in [6, 6.07) is 8.14. The van der Waals surface area contributed by atoms with Gasteiger partial charge in [0.05, 0.1) is 45.7 Å². The number of methoxy groups -OCH3 is 4. The lowest BCUT2D eigenvalue weighted by Crippen LogP contribution is -2.34. The molecule has 0 atom stereocenters. The molecule has 0 radical (unpaired) electrons. The van der Waals surface area contributed by atoms with E-state index in [0.29, 0.717) is 38.6 Å². The molecule has 2 N–H and O–H groups in total. The summed E-state index contributed by atoms with van der Waals surface area (Å²) in [5.74, 6) is 1.11. The van der Waals surface area contributed by atoms with Crippen LogP contribution in [0.1, 0.15) is 15.9 Å². The molecule has 160 valence electrons. The standard InChI is InChI=1S/C20H22BrN3O6/c1-27-15-6-5-12(8-18(15)30-4)20(26)22-11-19(25)24-23-10-13-7-14(21)17(29-3)9-16(13)28-2/h5-10H,11H2,1-4H3,(H,22,26)(H,24,25)/b23-10-. The smallest absolute Gasteiger partial charge is 0.259 e. The van der Waals surface area contributed by atoms with Crippen molar-refractivity contribution in [1.82, 2.24) is 10.7 Å². The molecule has 2 aromatic carbocycles. The molecule has 0 heterocycles.